The molecular formula is C31H37FN6. The fourth-order valence-corrected chi connectivity index (χ4v) is 4.56. The quantitative estimate of drug-likeness (QED) is 0.203. The van der Waals surface area contributed by atoms with Gasteiger partial charge < -0.3 is 21.7 Å². The summed E-state index contributed by atoms with van der Waals surface area (Å²) in [5.41, 5.74) is 12.3. The van der Waals surface area contributed by atoms with Crippen LogP contribution in [0.15, 0.2) is 72.8 Å². The van der Waals surface area contributed by atoms with E-state index < -0.39 is 0 Å². The number of nitrogens with zero attached hydrogens (tertiary/aromatic N) is 2. The van der Waals surface area contributed by atoms with E-state index in [1.165, 1.54) is 5.56 Å². The maximum absolute atomic E-state index is 15.1. The summed E-state index contributed by atoms with van der Waals surface area (Å²) in [5, 5.41) is 10.1. The molecule has 1 unspecified atom stereocenters. The van der Waals surface area contributed by atoms with Gasteiger partial charge in [0.25, 0.3) is 0 Å². The first-order chi connectivity index (χ1) is 18.4. The maximum atomic E-state index is 15.1. The van der Waals surface area contributed by atoms with Crippen LogP contribution in [-0.2, 0) is 19.5 Å². The third kappa shape index (κ3) is 6.73. The molecule has 2 heterocycles. The molecular weight excluding hydrogens is 475 g/mol. The molecule has 1 atom stereocenters. The van der Waals surface area contributed by atoms with E-state index in [9.17, 15) is 0 Å². The Morgan fingerprint density at radius 3 is 2.32 bits per heavy atom. The molecule has 0 bridgehead atoms. The molecule has 5 N–H and O–H groups in total. The molecule has 0 aliphatic carbocycles. The second kappa shape index (κ2) is 12.6. The number of benzene rings is 2. The lowest BCUT2D eigenvalue weighted by molar-refractivity contribution is 0.539. The van der Waals surface area contributed by atoms with Crippen LogP contribution < -0.4 is 21.7 Å². The topological polar surface area (TPSA) is 87.9 Å². The zero-order valence-corrected chi connectivity index (χ0v) is 22.6. The SMILES string of the molecule is CNc1cccc(-c2ccccc2CNC(C)Cc2ccc(F)c(CNC(C)C)c2-c2cccc(N)n2)n1. The molecule has 4 rings (SSSR count). The minimum absolute atomic E-state index is 0.121. The number of nitrogens with two attached hydrogens (primary N) is 1. The van der Waals surface area contributed by atoms with Crippen molar-refractivity contribution >= 4 is 11.6 Å². The molecule has 0 fully saturated rings. The first-order valence-corrected chi connectivity index (χ1v) is 13.1. The fraction of sp³-hybridized carbons (Fsp3) is 0.290. The van der Waals surface area contributed by atoms with Crippen LogP contribution in [0, 0.1) is 5.82 Å². The molecule has 7 heteroatoms. The van der Waals surface area contributed by atoms with Crippen LogP contribution in [0.2, 0.25) is 0 Å². The molecule has 2 aromatic heterocycles. The number of hydrogen-bond donors (Lipinski definition) is 4. The van der Waals surface area contributed by atoms with Gasteiger partial charge in [-0.3, -0.25) is 0 Å². The minimum atomic E-state index is -0.244. The summed E-state index contributed by atoms with van der Waals surface area (Å²) in [5.74, 6) is 1.01. The van der Waals surface area contributed by atoms with Crippen LogP contribution >= 0.6 is 0 Å². The van der Waals surface area contributed by atoms with Crippen molar-refractivity contribution in [3.8, 4) is 22.5 Å². The van der Waals surface area contributed by atoms with Crippen molar-refractivity contribution in [1.29, 1.82) is 0 Å². The Morgan fingerprint density at radius 2 is 1.55 bits per heavy atom. The predicted octanol–water partition coefficient (Wildman–Crippen LogP) is 5.79. The second-order valence-corrected chi connectivity index (χ2v) is 9.84. The number of hydrogen-bond acceptors (Lipinski definition) is 6. The lowest BCUT2D eigenvalue weighted by Crippen LogP contribution is -2.28. The summed E-state index contributed by atoms with van der Waals surface area (Å²) in [4.78, 5) is 9.26. The van der Waals surface area contributed by atoms with E-state index in [0.717, 1.165) is 28.2 Å². The van der Waals surface area contributed by atoms with E-state index in [4.69, 9.17) is 10.7 Å². The Bertz CT molecular complexity index is 1370. The Kier molecular flexibility index (Phi) is 9.05. The zero-order chi connectivity index (χ0) is 27.1. The highest BCUT2D eigenvalue weighted by atomic mass is 19.1. The van der Waals surface area contributed by atoms with Gasteiger partial charge >= 0.3 is 0 Å². The predicted molar refractivity (Wildman–Crippen MR) is 155 cm³/mol. The van der Waals surface area contributed by atoms with Gasteiger partial charge in [-0.25, -0.2) is 14.4 Å². The van der Waals surface area contributed by atoms with Crippen LogP contribution in [0.5, 0.6) is 0 Å². The van der Waals surface area contributed by atoms with E-state index in [2.05, 4.69) is 53.8 Å². The molecule has 0 radical (unpaired) electrons. The van der Waals surface area contributed by atoms with Gasteiger partial charge in [0.05, 0.1) is 11.4 Å². The summed E-state index contributed by atoms with van der Waals surface area (Å²) < 4.78 is 15.1. The molecule has 0 aliphatic heterocycles. The average Bonchev–Trinajstić information content (AvgIpc) is 2.92. The van der Waals surface area contributed by atoms with Crippen molar-refractivity contribution in [2.24, 2.45) is 0 Å². The highest BCUT2D eigenvalue weighted by Gasteiger charge is 2.19. The highest BCUT2D eigenvalue weighted by molar-refractivity contribution is 5.70. The lowest BCUT2D eigenvalue weighted by Gasteiger charge is -2.21. The van der Waals surface area contributed by atoms with E-state index >= 15 is 4.39 Å². The van der Waals surface area contributed by atoms with Gasteiger partial charge in [0, 0.05) is 48.9 Å². The third-order valence-corrected chi connectivity index (χ3v) is 6.52. The van der Waals surface area contributed by atoms with Crippen molar-refractivity contribution in [3.05, 3.63) is 95.3 Å². The van der Waals surface area contributed by atoms with Crippen molar-refractivity contribution in [3.63, 3.8) is 0 Å². The minimum Gasteiger partial charge on any atom is -0.384 e. The zero-order valence-electron chi connectivity index (χ0n) is 22.6. The largest absolute Gasteiger partial charge is 0.384 e. The van der Waals surface area contributed by atoms with Gasteiger partial charge in [-0.2, -0.15) is 0 Å². The van der Waals surface area contributed by atoms with Crippen LogP contribution in [0.1, 0.15) is 37.5 Å². The van der Waals surface area contributed by atoms with Crippen molar-refractivity contribution in [2.75, 3.05) is 18.1 Å². The number of halogens is 1. The van der Waals surface area contributed by atoms with Gasteiger partial charge in [0.15, 0.2) is 0 Å². The van der Waals surface area contributed by atoms with E-state index in [-0.39, 0.29) is 17.9 Å². The molecule has 6 nitrogen and oxygen atoms in total. The maximum Gasteiger partial charge on any atom is 0.128 e. The number of rotatable bonds is 11. The average molecular weight is 513 g/mol. The van der Waals surface area contributed by atoms with Crippen LogP contribution in [0.3, 0.4) is 0 Å². The van der Waals surface area contributed by atoms with Gasteiger partial charge in [0.1, 0.15) is 17.5 Å². The van der Waals surface area contributed by atoms with E-state index in [1.807, 2.05) is 55.6 Å². The van der Waals surface area contributed by atoms with Gasteiger partial charge in [-0.05, 0) is 54.8 Å². The Labute approximate surface area is 224 Å². The van der Waals surface area contributed by atoms with Gasteiger partial charge in [-0.15, -0.1) is 0 Å². The molecule has 198 valence electrons. The molecule has 4 aromatic rings. The monoisotopic (exact) mass is 512 g/mol. The summed E-state index contributed by atoms with van der Waals surface area (Å²) in [6, 6.07) is 23.6. The first kappa shape index (κ1) is 27.2. The molecule has 0 aliphatic rings. The molecule has 0 saturated heterocycles. The normalized spacial score (nSPS) is 12.1. The first-order valence-electron chi connectivity index (χ1n) is 13.1. The lowest BCUT2D eigenvalue weighted by atomic mass is 9.92. The molecule has 2 aromatic carbocycles. The smallest absolute Gasteiger partial charge is 0.128 e. The molecule has 0 spiro atoms. The summed E-state index contributed by atoms with van der Waals surface area (Å²) in [7, 11) is 1.87. The summed E-state index contributed by atoms with van der Waals surface area (Å²) in [6.45, 7) is 7.34. The molecule has 38 heavy (non-hydrogen) atoms. The van der Waals surface area contributed by atoms with Gasteiger partial charge in [0.2, 0.25) is 0 Å². The number of nitrogens with one attached hydrogen (secondary N) is 3. The molecule has 0 amide bonds. The summed E-state index contributed by atoms with van der Waals surface area (Å²) >= 11 is 0. The fourth-order valence-electron chi connectivity index (χ4n) is 4.56. The van der Waals surface area contributed by atoms with Crippen molar-refractivity contribution < 1.29 is 4.39 Å². The van der Waals surface area contributed by atoms with Crippen molar-refractivity contribution in [1.82, 2.24) is 20.6 Å². The van der Waals surface area contributed by atoms with Crippen LogP contribution in [0.25, 0.3) is 22.5 Å². The highest BCUT2D eigenvalue weighted by Crippen LogP contribution is 2.31. The third-order valence-electron chi connectivity index (χ3n) is 6.52. The number of aromatic nitrogens is 2. The van der Waals surface area contributed by atoms with E-state index in [0.29, 0.717) is 36.6 Å². The second-order valence-electron chi connectivity index (χ2n) is 9.84. The van der Waals surface area contributed by atoms with Crippen LogP contribution in [0.4, 0.5) is 16.0 Å². The Hall–Kier alpha value is -3.81. The standard InChI is InChI=1S/C31H37FN6/c1-20(2)35-19-25-26(32)16-15-22(31(25)28-12-7-13-29(33)37-28)17-21(3)36-18-23-9-5-6-10-24(23)27-11-8-14-30(34-4)38-27/h5-16,20-21,35-36H,17-19H2,1-4H3,(H2,33,37)(H,34,38). The number of anilines is 2. The Balaban J connectivity index is 1.58. The number of pyridine rings is 2. The summed E-state index contributed by atoms with van der Waals surface area (Å²) in [6.07, 6.45) is 0.705. The van der Waals surface area contributed by atoms with Crippen molar-refractivity contribution in [2.45, 2.75) is 52.4 Å². The van der Waals surface area contributed by atoms with Crippen LogP contribution in [-0.4, -0.2) is 29.1 Å². The Morgan fingerprint density at radius 1 is 0.789 bits per heavy atom. The molecule has 0 saturated carbocycles. The number of nitrogen functional groups attached to an aromatic ring is 1. The van der Waals surface area contributed by atoms with Gasteiger partial charge in [-0.1, -0.05) is 56.3 Å². The van der Waals surface area contributed by atoms with E-state index in [1.54, 1.807) is 12.1 Å².